The van der Waals surface area contributed by atoms with Gasteiger partial charge in [0.05, 0.1) is 6.26 Å². The molecule has 3 aromatic rings. The summed E-state index contributed by atoms with van der Waals surface area (Å²) in [5.41, 5.74) is 1.02. The predicted molar refractivity (Wildman–Crippen MR) is 87.8 cm³/mol. The second-order valence-electron chi connectivity index (χ2n) is 5.01. The normalized spacial score (nSPS) is 12.0. The summed E-state index contributed by atoms with van der Waals surface area (Å²) in [5.74, 6) is 0.773. The number of nitrogens with one attached hydrogen (secondary N) is 1. The van der Waals surface area contributed by atoms with Gasteiger partial charge in [0.1, 0.15) is 11.8 Å². The second kappa shape index (κ2) is 7.09. The van der Waals surface area contributed by atoms with Gasteiger partial charge >= 0.3 is 0 Å². The highest BCUT2D eigenvalue weighted by molar-refractivity contribution is 7.09. The maximum atomic E-state index is 12.3. The number of carbonyl (C=O) groups is 1. The van der Waals surface area contributed by atoms with Gasteiger partial charge in [0.2, 0.25) is 5.91 Å². The third kappa shape index (κ3) is 3.65. The van der Waals surface area contributed by atoms with E-state index in [0.29, 0.717) is 6.42 Å². The highest BCUT2D eigenvalue weighted by atomic mass is 32.1. The number of thiophene rings is 1. The lowest BCUT2D eigenvalue weighted by Gasteiger charge is -2.17. The van der Waals surface area contributed by atoms with Gasteiger partial charge in [-0.3, -0.25) is 4.79 Å². The van der Waals surface area contributed by atoms with Crippen LogP contribution in [0.15, 0.2) is 70.7 Å². The molecular weight excluding hydrogens is 294 g/mol. The Morgan fingerprint density at radius 3 is 2.64 bits per heavy atom. The smallest absolute Gasteiger partial charge is 0.221 e. The molecule has 0 radical (unpaired) electrons. The van der Waals surface area contributed by atoms with Crippen LogP contribution in [0, 0.1) is 0 Å². The number of hydrogen-bond donors (Lipinski definition) is 1. The number of furan rings is 1. The van der Waals surface area contributed by atoms with Crippen LogP contribution in [0.5, 0.6) is 0 Å². The fraction of sp³-hybridized carbons (Fsp3) is 0.167. The molecule has 22 heavy (non-hydrogen) atoms. The summed E-state index contributed by atoms with van der Waals surface area (Å²) in [7, 11) is 0. The summed E-state index contributed by atoms with van der Waals surface area (Å²) >= 11 is 1.68. The van der Waals surface area contributed by atoms with Crippen molar-refractivity contribution in [1.29, 1.82) is 0 Å². The van der Waals surface area contributed by atoms with Gasteiger partial charge < -0.3 is 9.73 Å². The fourth-order valence-corrected chi connectivity index (χ4v) is 3.05. The van der Waals surface area contributed by atoms with Gasteiger partial charge in [-0.05, 0) is 35.6 Å². The van der Waals surface area contributed by atoms with Gasteiger partial charge in [0, 0.05) is 11.3 Å². The van der Waals surface area contributed by atoms with Crippen molar-refractivity contribution in [3.8, 4) is 0 Å². The molecule has 1 N–H and O–H groups in total. The number of rotatable bonds is 6. The number of carbonyl (C=O) groups excluding carboxylic acids is 1. The van der Waals surface area contributed by atoms with Crippen LogP contribution < -0.4 is 5.32 Å². The van der Waals surface area contributed by atoms with Crippen molar-refractivity contribution in [1.82, 2.24) is 5.32 Å². The van der Waals surface area contributed by atoms with E-state index in [1.54, 1.807) is 17.6 Å². The molecule has 0 aliphatic carbocycles. The van der Waals surface area contributed by atoms with Crippen LogP contribution in [-0.4, -0.2) is 5.91 Å². The summed E-state index contributed by atoms with van der Waals surface area (Å²) in [6, 6.07) is 17.4. The number of aryl methyl sites for hydroxylation is 1. The molecule has 2 heterocycles. The fourth-order valence-electron chi connectivity index (χ4n) is 2.34. The lowest BCUT2D eigenvalue weighted by atomic mass is 10.0. The molecule has 3 nitrogen and oxygen atoms in total. The SMILES string of the molecule is O=C(CCc1cccs1)NC(c1ccccc1)c1ccco1. The van der Waals surface area contributed by atoms with Crippen LogP contribution in [-0.2, 0) is 11.2 Å². The Morgan fingerprint density at radius 2 is 1.95 bits per heavy atom. The van der Waals surface area contributed by atoms with E-state index in [1.165, 1.54) is 4.88 Å². The van der Waals surface area contributed by atoms with E-state index in [-0.39, 0.29) is 11.9 Å². The van der Waals surface area contributed by atoms with E-state index in [9.17, 15) is 4.79 Å². The van der Waals surface area contributed by atoms with Crippen molar-refractivity contribution < 1.29 is 9.21 Å². The van der Waals surface area contributed by atoms with Gasteiger partial charge in [-0.15, -0.1) is 11.3 Å². The Hall–Kier alpha value is -2.33. The van der Waals surface area contributed by atoms with E-state index in [0.717, 1.165) is 17.7 Å². The summed E-state index contributed by atoms with van der Waals surface area (Å²) < 4.78 is 5.49. The molecule has 3 rings (SSSR count). The average Bonchev–Trinajstić information content (AvgIpc) is 3.25. The van der Waals surface area contributed by atoms with E-state index in [1.807, 2.05) is 53.9 Å². The Balaban J connectivity index is 1.69. The summed E-state index contributed by atoms with van der Waals surface area (Å²) in [6.07, 6.45) is 2.87. The van der Waals surface area contributed by atoms with E-state index in [4.69, 9.17) is 4.42 Å². The third-order valence-corrected chi connectivity index (χ3v) is 4.38. The van der Waals surface area contributed by atoms with Crippen LogP contribution in [0.2, 0.25) is 0 Å². The number of benzene rings is 1. The zero-order valence-corrected chi connectivity index (χ0v) is 12.9. The minimum Gasteiger partial charge on any atom is -0.467 e. The molecule has 0 aliphatic rings. The molecule has 112 valence electrons. The van der Waals surface area contributed by atoms with Crippen LogP contribution >= 0.6 is 11.3 Å². The van der Waals surface area contributed by atoms with Crippen LogP contribution in [0.1, 0.15) is 28.7 Å². The molecular formula is C18H17NO2S. The first-order valence-corrected chi connectivity index (χ1v) is 8.11. The molecule has 0 bridgehead atoms. The van der Waals surface area contributed by atoms with Crippen LogP contribution in [0.4, 0.5) is 0 Å². The van der Waals surface area contributed by atoms with Crippen LogP contribution in [0.25, 0.3) is 0 Å². The zero-order valence-electron chi connectivity index (χ0n) is 12.1. The van der Waals surface area contributed by atoms with E-state index in [2.05, 4.69) is 11.4 Å². The maximum Gasteiger partial charge on any atom is 0.221 e. The topological polar surface area (TPSA) is 42.2 Å². The summed E-state index contributed by atoms with van der Waals surface area (Å²) in [5, 5.41) is 5.10. The molecule has 1 aromatic carbocycles. The molecule has 1 atom stereocenters. The van der Waals surface area contributed by atoms with Crippen molar-refractivity contribution >= 4 is 17.2 Å². The van der Waals surface area contributed by atoms with Gasteiger partial charge in [-0.25, -0.2) is 0 Å². The number of amides is 1. The van der Waals surface area contributed by atoms with Crippen LogP contribution in [0.3, 0.4) is 0 Å². The lowest BCUT2D eigenvalue weighted by molar-refractivity contribution is -0.121. The second-order valence-corrected chi connectivity index (χ2v) is 6.04. The standard InChI is InChI=1S/C18H17NO2S/c20-17(11-10-15-8-5-13-22-15)19-18(16-9-4-12-21-16)14-6-2-1-3-7-14/h1-9,12-13,18H,10-11H2,(H,19,20). The first-order chi connectivity index (χ1) is 10.8. The van der Waals surface area contributed by atoms with Gasteiger partial charge in [-0.1, -0.05) is 36.4 Å². The van der Waals surface area contributed by atoms with Crippen molar-refractivity contribution in [2.24, 2.45) is 0 Å². The van der Waals surface area contributed by atoms with Gasteiger partial charge in [0.25, 0.3) is 0 Å². The predicted octanol–water partition coefficient (Wildman–Crippen LogP) is 4.18. The van der Waals surface area contributed by atoms with E-state index < -0.39 is 0 Å². The third-order valence-electron chi connectivity index (χ3n) is 3.44. The van der Waals surface area contributed by atoms with E-state index >= 15 is 0 Å². The molecule has 1 unspecified atom stereocenters. The van der Waals surface area contributed by atoms with Gasteiger partial charge in [-0.2, -0.15) is 0 Å². The molecule has 0 spiro atoms. The maximum absolute atomic E-state index is 12.3. The van der Waals surface area contributed by atoms with Gasteiger partial charge in [0.15, 0.2) is 0 Å². The first kappa shape index (κ1) is 14.6. The molecule has 2 aromatic heterocycles. The highest BCUT2D eigenvalue weighted by Crippen LogP contribution is 2.22. The van der Waals surface area contributed by atoms with Crippen molar-refractivity contribution in [3.05, 3.63) is 82.4 Å². The Labute approximate surface area is 133 Å². The molecule has 4 heteroatoms. The molecule has 0 fully saturated rings. The molecule has 0 saturated heterocycles. The minimum absolute atomic E-state index is 0.0265. The minimum atomic E-state index is -0.243. The number of hydrogen-bond acceptors (Lipinski definition) is 3. The molecule has 0 saturated carbocycles. The Morgan fingerprint density at radius 1 is 1.09 bits per heavy atom. The zero-order chi connectivity index (χ0) is 15.2. The molecule has 0 aliphatic heterocycles. The van der Waals surface area contributed by atoms with Crippen molar-refractivity contribution in [2.45, 2.75) is 18.9 Å². The summed E-state index contributed by atoms with van der Waals surface area (Å²) in [6.45, 7) is 0. The average molecular weight is 311 g/mol. The highest BCUT2D eigenvalue weighted by Gasteiger charge is 2.19. The first-order valence-electron chi connectivity index (χ1n) is 7.23. The lowest BCUT2D eigenvalue weighted by Crippen LogP contribution is -2.29. The van der Waals surface area contributed by atoms with Crippen molar-refractivity contribution in [3.63, 3.8) is 0 Å². The monoisotopic (exact) mass is 311 g/mol. The molecule has 1 amide bonds. The Kier molecular flexibility index (Phi) is 4.71. The van der Waals surface area contributed by atoms with Crippen molar-refractivity contribution in [2.75, 3.05) is 0 Å². The summed E-state index contributed by atoms with van der Waals surface area (Å²) in [4.78, 5) is 13.5. The Bertz CT molecular complexity index is 690. The quantitative estimate of drug-likeness (QED) is 0.742. The largest absolute Gasteiger partial charge is 0.467 e.